The van der Waals surface area contributed by atoms with Crippen molar-refractivity contribution >= 4 is 0 Å². The molecule has 0 saturated heterocycles. The molecule has 1 aromatic rings. The van der Waals surface area contributed by atoms with Crippen LogP contribution in [-0.4, -0.2) is 31.1 Å². The molecule has 0 aromatic heterocycles. The Kier molecular flexibility index (Phi) is 7.25. The Balaban J connectivity index is 2.71. The lowest BCUT2D eigenvalue weighted by Gasteiger charge is -2.29. The van der Waals surface area contributed by atoms with E-state index < -0.39 is 0 Å². The minimum absolute atomic E-state index is 0.451. The minimum Gasteiger partial charge on any atom is -0.313 e. The smallest absolute Gasteiger partial charge is 0.0329 e. The molecule has 0 aliphatic rings. The number of nitrogens with zero attached hydrogens (tertiary/aromatic N) is 1. The van der Waals surface area contributed by atoms with Crippen molar-refractivity contribution in [3.05, 3.63) is 34.9 Å². The van der Waals surface area contributed by atoms with Crippen molar-refractivity contribution in [1.82, 2.24) is 10.2 Å². The average Bonchev–Trinajstić information content (AvgIpc) is 2.42. The Morgan fingerprint density at radius 2 is 1.70 bits per heavy atom. The van der Waals surface area contributed by atoms with Gasteiger partial charge in [-0.2, -0.15) is 0 Å². The molecule has 1 aromatic carbocycles. The molecule has 0 radical (unpaired) electrons. The van der Waals surface area contributed by atoms with Crippen molar-refractivity contribution < 1.29 is 0 Å². The summed E-state index contributed by atoms with van der Waals surface area (Å²) >= 11 is 0. The quantitative estimate of drug-likeness (QED) is 0.770. The number of benzene rings is 1. The van der Waals surface area contributed by atoms with Crippen LogP contribution >= 0.6 is 0 Å². The summed E-state index contributed by atoms with van der Waals surface area (Å²) in [6.07, 6.45) is 2.39. The summed E-state index contributed by atoms with van der Waals surface area (Å²) in [5.41, 5.74) is 4.13. The molecule has 114 valence electrons. The second-order valence-electron chi connectivity index (χ2n) is 5.94. The SMILES string of the molecule is CCC(C)N(CC)CCC(NC)c1cc(C)cc(C)c1. The molecule has 2 heteroatoms. The van der Waals surface area contributed by atoms with Gasteiger partial charge in [-0.3, -0.25) is 0 Å². The van der Waals surface area contributed by atoms with Crippen LogP contribution in [0.3, 0.4) is 0 Å². The van der Waals surface area contributed by atoms with E-state index in [9.17, 15) is 0 Å². The summed E-state index contributed by atoms with van der Waals surface area (Å²) in [6, 6.07) is 8.00. The Morgan fingerprint density at radius 3 is 2.15 bits per heavy atom. The first-order valence-corrected chi connectivity index (χ1v) is 8.01. The fraction of sp³-hybridized carbons (Fsp3) is 0.667. The van der Waals surface area contributed by atoms with Crippen LogP contribution in [0.15, 0.2) is 18.2 Å². The van der Waals surface area contributed by atoms with Crippen molar-refractivity contribution in [2.45, 2.75) is 59.5 Å². The zero-order chi connectivity index (χ0) is 15.1. The second-order valence-corrected chi connectivity index (χ2v) is 5.94. The van der Waals surface area contributed by atoms with Gasteiger partial charge in [0.25, 0.3) is 0 Å². The fourth-order valence-electron chi connectivity index (χ4n) is 2.93. The molecule has 0 spiro atoms. The van der Waals surface area contributed by atoms with Crippen LogP contribution in [-0.2, 0) is 0 Å². The van der Waals surface area contributed by atoms with E-state index in [4.69, 9.17) is 0 Å². The zero-order valence-corrected chi connectivity index (χ0v) is 14.2. The molecular formula is C18H32N2. The van der Waals surface area contributed by atoms with Crippen molar-refractivity contribution in [3.63, 3.8) is 0 Å². The van der Waals surface area contributed by atoms with Gasteiger partial charge < -0.3 is 10.2 Å². The van der Waals surface area contributed by atoms with E-state index in [1.807, 2.05) is 0 Å². The van der Waals surface area contributed by atoms with E-state index in [1.165, 1.54) is 23.1 Å². The highest BCUT2D eigenvalue weighted by molar-refractivity contribution is 5.30. The Bertz CT molecular complexity index is 380. The number of hydrogen-bond donors (Lipinski definition) is 1. The molecule has 20 heavy (non-hydrogen) atoms. The first kappa shape index (κ1) is 17.2. The number of nitrogens with one attached hydrogen (secondary N) is 1. The molecule has 0 fully saturated rings. The van der Waals surface area contributed by atoms with Gasteiger partial charge in [0, 0.05) is 18.6 Å². The molecule has 0 amide bonds. The molecule has 1 N–H and O–H groups in total. The lowest BCUT2D eigenvalue weighted by atomic mass is 9.99. The van der Waals surface area contributed by atoms with Crippen LogP contribution in [0.4, 0.5) is 0 Å². The summed E-state index contributed by atoms with van der Waals surface area (Å²) < 4.78 is 0. The number of hydrogen-bond acceptors (Lipinski definition) is 2. The monoisotopic (exact) mass is 276 g/mol. The van der Waals surface area contributed by atoms with Crippen LogP contribution in [0.2, 0.25) is 0 Å². The molecule has 0 aliphatic heterocycles. The largest absolute Gasteiger partial charge is 0.313 e. The maximum Gasteiger partial charge on any atom is 0.0329 e. The highest BCUT2D eigenvalue weighted by Gasteiger charge is 2.14. The van der Waals surface area contributed by atoms with E-state index in [0.717, 1.165) is 19.5 Å². The van der Waals surface area contributed by atoms with E-state index in [1.54, 1.807) is 0 Å². The van der Waals surface area contributed by atoms with Gasteiger partial charge in [0.2, 0.25) is 0 Å². The Morgan fingerprint density at radius 1 is 1.10 bits per heavy atom. The predicted molar refractivity (Wildman–Crippen MR) is 89.3 cm³/mol. The van der Waals surface area contributed by atoms with E-state index in [-0.39, 0.29) is 0 Å². The average molecular weight is 276 g/mol. The van der Waals surface area contributed by atoms with Crippen LogP contribution in [0.5, 0.6) is 0 Å². The normalized spacial score (nSPS) is 14.6. The summed E-state index contributed by atoms with van der Waals surface area (Å²) in [6.45, 7) is 13.5. The third-order valence-corrected chi connectivity index (χ3v) is 4.32. The molecule has 1 rings (SSSR count). The van der Waals surface area contributed by atoms with Gasteiger partial charge in [-0.1, -0.05) is 43.2 Å². The maximum atomic E-state index is 3.48. The van der Waals surface area contributed by atoms with E-state index >= 15 is 0 Å². The molecule has 2 nitrogen and oxygen atoms in total. The summed E-state index contributed by atoms with van der Waals surface area (Å²) in [5.74, 6) is 0. The fourth-order valence-corrected chi connectivity index (χ4v) is 2.93. The van der Waals surface area contributed by atoms with Crippen molar-refractivity contribution in [3.8, 4) is 0 Å². The zero-order valence-electron chi connectivity index (χ0n) is 14.2. The molecule has 0 aliphatic carbocycles. The summed E-state index contributed by atoms with van der Waals surface area (Å²) in [5, 5.41) is 3.48. The molecule has 2 atom stereocenters. The Labute approximate surface area is 125 Å². The molecule has 0 bridgehead atoms. The van der Waals surface area contributed by atoms with Gasteiger partial charge in [0.1, 0.15) is 0 Å². The number of aryl methyl sites for hydroxylation is 2. The van der Waals surface area contributed by atoms with Crippen molar-refractivity contribution in [1.29, 1.82) is 0 Å². The molecule has 0 heterocycles. The van der Waals surface area contributed by atoms with Crippen molar-refractivity contribution in [2.24, 2.45) is 0 Å². The predicted octanol–water partition coefficient (Wildman–Crippen LogP) is 4.07. The lowest BCUT2D eigenvalue weighted by Crippen LogP contribution is -2.35. The van der Waals surface area contributed by atoms with Gasteiger partial charge in [-0.15, -0.1) is 0 Å². The Hall–Kier alpha value is -0.860. The maximum absolute atomic E-state index is 3.48. The van der Waals surface area contributed by atoms with Gasteiger partial charge in [-0.25, -0.2) is 0 Å². The van der Waals surface area contributed by atoms with Crippen LogP contribution in [0.1, 0.15) is 56.3 Å². The van der Waals surface area contributed by atoms with Gasteiger partial charge in [0.15, 0.2) is 0 Å². The molecule has 0 saturated carbocycles. The standard InChI is InChI=1S/C18H32N2/c1-7-16(5)20(8-2)10-9-18(19-6)17-12-14(3)11-15(4)13-17/h11-13,16,18-19H,7-10H2,1-6H3. The third-order valence-electron chi connectivity index (χ3n) is 4.32. The summed E-state index contributed by atoms with van der Waals surface area (Å²) in [4.78, 5) is 2.58. The van der Waals surface area contributed by atoms with Gasteiger partial charge in [-0.05, 0) is 52.8 Å². The molecule has 2 unspecified atom stereocenters. The molecular weight excluding hydrogens is 244 g/mol. The van der Waals surface area contributed by atoms with Crippen LogP contribution < -0.4 is 5.32 Å². The number of rotatable bonds is 8. The van der Waals surface area contributed by atoms with Crippen molar-refractivity contribution in [2.75, 3.05) is 20.1 Å². The van der Waals surface area contributed by atoms with Gasteiger partial charge in [0.05, 0.1) is 0 Å². The summed E-state index contributed by atoms with van der Waals surface area (Å²) in [7, 11) is 2.07. The highest BCUT2D eigenvalue weighted by atomic mass is 15.1. The van der Waals surface area contributed by atoms with E-state index in [2.05, 4.69) is 70.1 Å². The lowest BCUT2D eigenvalue weighted by molar-refractivity contribution is 0.204. The van der Waals surface area contributed by atoms with Gasteiger partial charge >= 0.3 is 0 Å². The van der Waals surface area contributed by atoms with E-state index in [0.29, 0.717) is 12.1 Å². The first-order chi connectivity index (χ1) is 9.51. The second kappa shape index (κ2) is 8.43. The third kappa shape index (κ3) is 4.92. The van der Waals surface area contributed by atoms with Crippen LogP contribution in [0, 0.1) is 13.8 Å². The highest BCUT2D eigenvalue weighted by Crippen LogP contribution is 2.20. The topological polar surface area (TPSA) is 15.3 Å². The first-order valence-electron chi connectivity index (χ1n) is 8.01. The minimum atomic E-state index is 0.451. The van der Waals surface area contributed by atoms with Crippen LogP contribution in [0.25, 0.3) is 0 Å².